The monoisotopic (exact) mass is 397 g/mol. The van der Waals surface area contributed by atoms with Crippen molar-refractivity contribution in [1.29, 1.82) is 0 Å². The van der Waals surface area contributed by atoms with Crippen LogP contribution < -0.4 is 0 Å². The van der Waals surface area contributed by atoms with Crippen LogP contribution in [-0.4, -0.2) is 60.8 Å². The van der Waals surface area contributed by atoms with Gasteiger partial charge in [0.1, 0.15) is 0 Å². The van der Waals surface area contributed by atoms with Gasteiger partial charge in [-0.1, -0.05) is 23.4 Å². The first-order valence-corrected chi connectivity index (χ1v) is 11.5. The summed E-state index contributed by atoms with van der Waals surface area (Å²) in [6, 6.07) is 10.9. The van der Waals surface area contributed by atoms with Gasteiger partial charge in [0.25, 0.3) is 0 Å². The van der Waals surface area contributed by atoms with Crippen LogP contribution in [0.5, 0.6) is 0 Å². The zero-order valence-corrected chi connectivity index (χ0v) is 17.0. The number of benzene rings is 1. The molecule has 2 aromatic rings. The van der Waals surface area contributed by atoms with Crippen molar-refractivity contribution in [2.45, 2.75) is 31.4 Å². The van der Waals surface area contributed by atoms with Gasteiger partial charge >= 0.3 is 0 Å². The predicted octanol–water partition coefficient (Wildman–Crippen LogP) is 3.74. The summed E-state index contributed by atoms with van der Waals surface area (Å²) in [7, 11) is 0. The summed E-state index contributed by atoms with van der Waals surface area (Å²) in [5.41, 5.74) is -0.264. The number of thiophene rings is 1. The molecule has 0 unspecified atom stereocenters. The fraction of sp³-hybridized carbons (Fsp3) is 0.591. The first-order chi connectivity index (χ1) is 13.8. The largest absolute Gasteiger partial charge is 0.381 e. The van der Waals surface area contributed by atoms with Crippen LogP contribution in [0.25, 0.3) is 10.1 Å². The molecule has 4 saturated heterocycles. The molecule has 6 heteroatoms. The molecule has 5 nitrogen and oxygen atoms in total. The number of rotatable bonds is 3. The Morgan fingerprint density at radius 1 is 1.11 bits per heavy atom. The lowest BCUT2D eigenvalue weighted by atomic mass is 9.79. The number of ether oxygens (including phenoxy) is 1. The van der Waals surface area contributed by atoms with E-state index in [-0.39, 0.29) is 5.72 Å². The number of piperidine rings is 3. The van der Waals surface area contributed by atoms with Gasteiger partial charge in [0.05, 0.1) is 11.4 Å². The first kappa shape index (κ1) is 17.2. The Kier molecular flexibility index (Phi) is 4.14. The summed E-state index contributed by atoms with van der Waals surface area (Å²) >= 11 is 1.84. The maximum Gasteiger partial charge on any atom is 0.227 e. The van der Waals surface area contributed by atoms with E-state index in [0.717, 1.165) is 45.0 Å². The number of hydrogen-bond acceptors (Lipinski definition) is 6. The van der Waals surface area contributed by atoms with E-state index in [4.69, 9.17) is 14.7 Å². The van der Waals surface area contributed by atoms with Gasteiger partial charge in [0, 0.05) is 30.4 Å². The van der Waals surface area contributed by atoms with Crippen LogP contribution in [0, 0.1) is 11.8 Å². The van der Waals surface area contributed by atoms with Gasteiger partial charge in [-0.2, -0.15) is 0 Å². The van der Waals surface area contributed by atoms with Crippen molar-refractivity contribution in [3.63, 3.8) is 0 Å². The molecule has 0 aliphatic carbocycles. The Morgan fingerprint density at radius 3 is 2.68 bits per heavy atom. The van der Waals surface area contributed by atoms with Crippen molar-refractivity contribution < 1.29 is 9.57 Å². The van der Waals surface area contributed by atoms with Crippen LogP contribution in [0.2, 0.25) is 0 Å². The van der Waals surface area contributed by atoms with Gasteiger partial charge in [-0.05, 0) is 62.2 Å². The number of amidine groups is 1. The second-order valence-electron chi connectivity index (χ2n) is 8.72. The number of oxime groups is 1. The van der Waals surface area contributed by atoms with Gasteiger partial charge in [-0.25, -0.2) is 0 Å². The second kappa shape index (κ2) is 6.71. The van der Waals surface area contributed by atoms with E-state index in [9.17, 15) is 0 Å². The molecule has 1 spiro atoms. The third kappa shape index (κ3) is 2.69. The van der Waals surface area contributed by atoms with Crippen LogP contribution in [0.15, 0.2) is 35.5 Å². The Morgan fingerprint density at radius 2 is 1.93 bits per heavy atom. The molecular weight excluding hydrogens is 370 g/mol. The molecular formula is C22H27N3O2S. The van der Waals surface area contributed by atoms with Crippen molar-refractivity contribution >= 4 is 27.3 Å². The Bertz CT molecular complexity index is 865. The van der Waals surface area contributed by atoms with E-state index < -0.39 is 0 Å². The summed E-state index contributed by atoms with van der Waals surface area (Å²) in [6.07, 6.45) is 4.72. The summed E-state index contributed by atoms with van der Waals surface area (Å²) in [5, 5.41) is 6.04. The van der Waals surface area contributed by atoms with Crippen LogP contribution in [0.1, 0.15) is 30.6 Å². The molecule has 1 aromatic carbocycles. The zero-order valence-electron chi connectivity index (χ0n) is 16.2. The molecule has 148 valence electrons. The molecule has 7 rings (SSSR count). The molecule has 1 aromatic heterocycles. The third-order valence-electron chi connectivity index (χ3n) is 7.11. The van der Waals surface area contributed by atoms with Crippen molar-refractivity contribution in [2.24, 2.45) is 17.0 Å². The Hall–Kier alpha value is -1.63. The van der Waals surface area contributed by atoms with Gasteiger partial charge in [0.15, 0.2) is 5.84 Å². The summed E-state index contributed by atoms with van der Waals surface area (Å²) in [5.74, 6) is 2.29. The fourth-order valence-electron chi connectivity index (χ4n) is 5.50. The number of fused-ring (bicyclic) bond motifs is 3. The van der Waals surface area contributed by atoms with Crippen LogP contribution in [0.4, 0.5) is 0 Å². The molecule has 28 heavy (non-hydrogen) atoms. The molecule has 0 saturated carbocycles. The summed E-state index contributed by atoms with van der Waals surface area (Å²) < 4.78 is 6.94. The Labute approximate surface area is 169 Å². The van der Waals surface area contributed by atoms with Crippen LogP contribution in [0.3, 0.4) is 0 Å². The van der Waals surface area contributed by atoms with E-state index in [2.05, 4.69) is 40.1 Å². The van der Waals surface area contributed by atoms with Crippen molar-refractivity contribution in [1.82, 2.24) is 9.80 Å². The average Bonchev–Trinajstić information content (AvgIpc) is 3.32. The summed E-state index contributed by atoms with van der Waals surface area (Å²) in [4.78, 5) is 12.7. The maximum absolute atomic E-state index is 6.38. The molecule has 0 amide bonds. The van der Waals surface area contributed by atoms with Crippen molar-refractivity contribution in [3.05, 3.63) is 35.2 Å². The number of hydrogen-bond donors (Lipinski definition) is 0. The molecule has 0 radical (unpaired) electrons. The smallest absolute Gasteiger partial charge is 0.227 e. The van der Waals surface area contributed by atoms with Crippen LogP contribution in [-0.2, 0) is 9.57 Å². The highest BCUT2D eigenvalue weighted by Crippen LogP contribution is 2.45. The Balaban J connectivity index is 1.37. The third-order valence-corrected chi connectivity index (χ3v) is 8.22. The van der Waals surface area contributed by atoms with Crippen molar-refractivity contribution in [2.75, 3.05) is 39.4 Å². The second-order valence-corrected chi connectivity index (χ2v) is 9.80. The standard InChI is InChI=1S/C22H27N3O2S/c1-2-4-19-17(3-1)13-20(28-19)21-23-27-22(15-24-9-5-18(22)6-10-24)25(21)14-16-7-11-26-12-8-16/h1-4,13,16,18H,5-12,14-15H2/t22-/m0/s1. The summed E-state index contributed by atoms with van der Waals surface area (Å²) in [6.45, 7) is 6.20. The zero-order chi connectivity index (χ0) is 18.6. The SMILES string of the molecule is c1ccc2sc(C3=NO[C@]4(CN5CCC4CC5)N3CC3CCOCC3)cc2c1. The van der Waals surface area contributed by atoms with Crippen molar-refractivity contribution in [3.8, 4) is 0 Å². The average molecular weight is 398 g/mol. The maximum atomic E-state index is 6.38. The fourth-order valence-corrected chi connectivity index (χ4v) is 6.55. The van der Waals surface area contributed by atoms with E-state index in [0.29, 0.717) is 11.8 Å². The van der Waals surface area contributed by atoms with E-state index in [1.165, 1.54) is 40.9 Å². The van der Waals surface area contributed by atoms with E-state index in [1.807, 2.05) is 11.3 Å². The normalized spacial score (nSPS) is 32.9. The minimum absolute atomic E-state index is 0.264. The molecule has 2 bridgehead atoms. The molecule has 5 aliphatic rings. The minimum atomic E-state index is -0.264. The lowest BCUT2D eigenvalue weighted by Gasteiger charge is -2.53. The lowest BCUT2D eigenvalue weighted by Crippen LogP contribution is -2.67. The highest BCUT2D eigenvalue weighted by molar-refractivity contribution is 7.20. The van der Waals surface area contributed by atoms with Gasteiger partial charge in [-0.3, -0.25) is 4.90 Å². The minimum Gasteiger partial charge on any atom is -0.381 e. The highest BCUT2D eigenvalue weighted by Gasteiger charge is 2.57. The topological polar surface area (TPSA) is 37.3 Å². The molecule has 5 aliphatic heterocycles. The molecule has 6 heterocycles. The predicted molar refractivity (Wildman–Crippen MR) is 112 cm³/mol. The molecule has 1 atom stereocenters. The van der Waals surface area contributed by atoms with Gasteiger partial charge < -0.3 is 14.5 Å². The quantitative estimate of drug-likeness (QED) is 0.791. The molecule has 4 fully saturated rings. The molecule has 0 N–H and O–H groups in total. The lowest BCUT2D eigenvalue weighted by molar-refractivity contribution is -0.199. The van der Waals surface area contributed by atoms with Crippen LogP contribution >= 0.6 is 11.3 Å². The van der Waals surface area contributed by atoms with E-state index >= 15 is 0 Å². The van der Waals surface area contributed by atoms with Gasteiger partial charge in [0.2, 0.25) is 5.72 Å². The highest BCUT2D eigenvalue weighted by atomic mass is 32.1. The first-order valence-electron chi connectivity index (χ1n) is 10.6. The number of nitrogens with zero attached hydrogens (tertiary/aromatic N) is 3. The van der Waals surface area contributed by atoms with Gasteiger partial charge in [-0.15, -0.1) is 11.3 Å². The van der Waals surface area contributed by atoms with E-state index in [1.54, 1.807) is 0 Å².